The number of ether oxygens (including phenoxy) is 1. The number of unbranched alkanes of at least 4 members (excludes halogenated alkanes) is 1. The summed E-state index contributed by atoms with van der Waals surface area (Å²) < 4.78 is 32.5. The third-order valence-electron chi connectivity index (χ3n) is 3.96. The molecule has 1 fully saturated rings. The van der Waals surface area contributed by atoms with Gasteiger partial charge in [0.1, 0.15) is 0 Å². The monoisotopic (exact) mass is 354 g/mol. The molecule has 0 spiro atoms. The molecule has 0 saturated carbocycles. The van der Waals surface area contributed by atoms with Crippen molar-refractivity contribution in [3.63, 3.8) is 0 Å². The second kappa shape index (κ2) is 8.09. The Balaban J connectivity index is 2.10. The zero-order valence-electron chi connectivity index (χ0n) is 14.5. The average Bonchev–Trinajstić information content (AvgIpc) is 2.54. The van der Waals surface area contributed by atoms with Gasteiger partial charge >= 0.3 is 0 Å². The maximum absolute atomic E-state index is 12.7. The minimum Gasteiger partial charge on any atom is -0.373 e. The molecule has 1 amide bonds. The third-order valence-corrected chi connectivity index (χ3v) is 5.80. The topological polar surface area (TPSA) is 75.7 Å². The summed E-state index contributed by atoms with van der Waals surface area (Å²) in [6.45, 7) is 7.08. The zero-order chi connectivity index (χ0) is 17.7. The van der Waals surface area contributed by atoms with E-state index in [0.29, 0.717) is 25.2 Å². The van der Waals surface area contributed by atoms with Crippen molar-refractivity contribution in [1.82, 2.24) is 9.62 Å². The molecule has 2 atom stereocenters. The van der Waals surface area contributed by atoms with E-state index in [0.717, 1.165) is 12.8 Å². The van der Waals surface area contributed by atoms with Gasteiger partial charge in [0.2, 0.25) is 10.0 Å². The molecule has 1 aliphatic rings. The zero-order valence-corrected chi connectivity index (χ0v) is 15.3. The molecular formula is C17H26N2O4S. The number of hydrogen-bond acceptors (Lipinski definition) is 4. The number of carbonyl (C=O) groups is 1. The Labute approximate surface area is 144 Å². The normalized spacial score (nSPS) is 22.3. The van der Waals surface area contributed by atoms with Crippen LogP contribution in [0.15, 0.2) is 29.2 Å². The first-order valence-corrected chi connectivity index (χ1v) is 9.82. The van der Waals surface area contributed by atoms with Gasteiger partial charge < -0.3 is 10.1 Å². The number of sulfonamides is 1. The van der Waals surface area contributed by atoms with E-state index in [-0.39, 0.29) is 23.0 Å². The van der Waals surface area contributed by atoms with E-state index in [1.165, 1.54) is 16.4 Å². The fraction of sp³-hybridized carbons (Fsp3) is 0.588. The molecule has 0 bridgehead atoms. The second-order valence-electron chi connectivity index (χ2n) is 6.21. The predicted octanol–water partition coefficient (Wildman–Crippen LogP) is 2.01. The molecule has 2 unspecified atom stereocenters. The summed E-state index contributed by atoms with van der Waals surface area (Å²) >= 11 is 0. The van der Waals surface area contributed by atoms with E-state index < -0.39 is 10.0 Å². The highest BCUT2D eigenvalue weighted by Gasteiger charge is 2.32. The number of benzene rings is 1. The number of nitrogens with zero attached hydrogens (tertiary/aromatic N) is 1. The molecule has 24 heavy (non-hydrogen) atoms. The van der Waals surface area contributed by atoms with Crippen LogP contribution in [-0.2, 0) is 14.8 Å². The molecule has 7 heteroatoms. The fourth-order valence-corrected chi connectivity index (χ4v) is 4.33. The van der Waals surface area contributed by atoms with Crippen LogP contribution in [0.5, 0.6) is 0 Å². The fourth-order valence-electron chi connectivity index (χ4n) is 2.74. The Morgan fingerprint density at radius 2 is 1.79 bits per heavy atom. The van der Waals surface area contributed by atoms with Gasteiger partial charge in [0.15, 0.2) is 0 Å². The van der Waals surface area contributed by atoms with Crippen molar-refractivity contribution in [2.24, 2.45) is 0 Å². The summed E-state index contributed by atoms with van der Waals surface area (Å²) in [7, 11) is -3.57. The molecule has 134 valence electrons. The SMILES string of the molecule is CCCCNC(=O)c1ccc(S(=O)(=O)N2CC(C)OC(C)C2)cc1. The molecular weight excluding hydrogens is 328 g/mol. The van der Waals surface area contributed by atoms with Crippen molar-refractivity contribution in [1.29, 1.82) is 0 Å². The van der Waals surface area contributed by atoms with Gasteiger partial charge in [0.25, 0.3) is 5.91 Å². The minimum absolute atomic E-state index is 0.132. The van der Waals surface area contributed by atoms with Gasteiger partial charge in [-0.3, -0.25) is 4.79 Å². The average molecular weight is 354 g/mol. The first-order valence-electron chi connectivity index (χ1n) is 8.38. The van der Waals surface area contributed by atoms with Gasteiger partial charge in [-0.1, -0.05) is 13.3 Å². The summed E-state index contributed by atoms with van der Waals surface area (Å²) in [5.41, 5.74) is 0.466. The maximum Gasteiger partial charge on any atom is 0.251 e. The van der Waals surface area contributed by atoms with Crippen molar-refractivity contribution in [2.75, 3.05) is 19.6 Å². The summed E-state index contributed by atoms with van der Waals surface area (Å²) in [5.74, 6) is -0.180. The third kappa shape index (κ3) is 4.55. The van der Waals surface area contributed by atoms with Gasteiger partial charge in [0, 0.05) is 25.2 Å². The first kappa shape index (κ1) is 18.9. The Hall–Kier alpha value is -1.44. The Morgan fingerprint density at radius 3 is 2.33 bits per heavy atom. The van der Waals surface area contributed by atoms with E-state index >= 15 is 0 Å². The van der Waals surface area contributed by atoms with Crippen molar-refractivity contribution < 1.29 is 17.9 Å². The largest absolute Gasteiger partial charge is 0.373 e. The molecule has 1 saturated heterocycles. The van der Waals surface area contributed by atoms with Gasteiger partial charge in [-0.05, 0) is 44.5 Å². The standard InChI is InChI=1S/C17H26N2O4S/c1-4-5-10-18-17(20)15-6-8-16(9-7-15)24(21,22)19-11-13(2)23-14(3)12-19/h6-9,13-14H,4-5,10-12H2,1-3H3,(H,18,20). The molecule has 1 aliphatic heterocycles. The number of hydrogen-bond donors (Lipinski definition) is 1. The molecule has 1 aromatic carbocycles. The van der Waals surface area contributed by atoms with Crippen molar-refractivity contribution >= 4 is 15.9 Å². The molecule has 2 rings (SSSR count). The quantitative estimate of drug-likeness (QED) is 0.793. The predicted molar refractivity (Wildman–Crippen MR) is 92.5 cm³/mol. The summed E-state index contributed by atoms with van der Waals surface area (Å²) in [5, 5.41) is 2.82. The van der Waals surface area contributed by atoms with Crippen LogP contribution < -0.4 is 5.32 Å². The van der Waals surface area contributed by atoms with Crippen LogP contribution in [0, 0.1) is 0 Å². The van der Waals surface area contributed by atoms with Crippen LogP contribution in [0.4, 0.5) is 0 Å². The number of morpholine rings is 1. The van der Waals surface area contributed by atoms with E-state index in [1.807, 2.05) is 13.8 Å². The molecule has 1 N–H and O–H groups in total. The van der Waals surface area contributed by atoms with Crippen LogP contribution in [-0.4, -0.2) is 50.5 Å². The van der Waals surface area contributed by atoms with Crippen LogP contribution in [0.25, 0.3) is 0 Å². The minimum atomic E-state index is -3.57. The van der Waals surface area contributed by atoms with Crippen molar-refractivity contribution in [3.05, 3.63) is 29.8 Å². The van der Waals surface area contributed by atoms with Gasteiger partial charge in [-0.2, -0.15) is 4.31 Å². The lowest BCUT2D eigenvalue weighted by Crippen LogP contribution is -2.48. The highest BCUT2D eigenvalue weighted by atomic mass is 32.2. The van der Waals surface area contributed by atoms with E-state index in [2.05, 4.69) is 12.2 Å². The van der Waals surface area contributed by atoms with E-state index in [9.17, 15) is 13.2 Å². The number of rotatable bonds is 6. The molecule has 1 heterocycles. The molecule has 0 radical (unpaired) electrons. The highest BCUT2D eigenvalue weighted by molar-refractivity contribution is 7.89. The molecule has 0 aromatic heterocycles. The van der Waals surface area contributed by atoms with Crippen LogP contribution in [0.1, 0.15) is 44.0 Å². The van der Waals surface area contributed by atoms with Crippen LogP contribution >= 0.6 is 0 Å². The number of amides is 1. The maximum atomic E-state index is 12.7. The summed E-state index contributed by atoms with van der Waals surface area (Å²) in [4.78, 5) is 12.2. The number of carbonyl (C=O) groups excluding carboxylic acids is 1. The first-order chi connectivity index (χ1) is 11.3. The van der Waals surface area contributed by atoms with Crippen molar-refractivity contribution in [2.45, 2.75) is 50.7 Å². The van der Waals surface area contributed by atoms with Gasteiger partial charge in [-0.25, -0.2) is 8.42 Å². The Morgan fingerprint density at radius 1 is 1.21 bits per heavy atom. The van der Waals surface area contributed by atoms with E-state index in [4.69, 9.17) is 4.74 Å². The summed E-state index contributed by atoms with van der Waals surface area (Å²) in [6, 6.07) is 6.10. The molecule has 0 aliphatic carbocycles. The Bertz CT molecular complexity index is 648. The lowest BCUT2D eigenvalue weighted by Gasteiger charge is -2.34. The van der Waals surface area contributed by atoms with E-state index in [1.54, 1.807) is 12.1 Å². The van der Waals surface area contributed by atoms with Crippen LogP contribution in [0.3, 0.4) is 0 Å². The Kier molecular flexibility index (Phi) is 6.37. The second-order valence-corrected chi connectivity index (χ2v) is 8.15. The summed E-state index contributed by atoms with van der Waals surface area (Å²) in [6.07, 6.45) is 1.67. The number of nitrogens with one attached hydrogen (secondary N) is 1. The highest BCUT2D eigenvalue weighted by Crippen LogP contribution is 2.21. The molecule has 1 aromatic rings. The smallest absolute Gasteiger partial charge is 0.251 e. The molecule has 6 nitrogen and oxygen atoms in total. The van der Waals surface area contributed by atoms with Crippen molar-refractivity contribution in [3.8, 4) is 0 Å². The van der Waals surface area contributed by atoms with Gasteiger partial charge in [-0.15, -0.1) is 0 Å². The lowest BCUT2D eigenvalue weighted by atomic mass is 10.2. The van der Waals surface area contributed by atoms with Crippen LogP contribution in [0.2, 0.25) is 0 Å². The lowest BCUT2D eigenvalue weighted by molar-refractivity contribution is -0.0440. The van der Waals surface area contributed by atoms with Gasteiger partial charge in [0.05, 0.1) is 17.1 Å².